The molecule has 5 nitrogen and oxygen atoms in total. The molecular weight excluding hydrogens is 232 g/mol. The van der Waals surface area contributed by atoms with Crippen molar-refractivity contribution in [3.8, 4) is 0 Å². The second-order valence-corrected chi connectivity index (χ2v) is 4.03. The van der Waals surface area contributed by atoms with E-state index in [-0.39, 0.29) is 11.6 Å². The summed E-state index contributed by atoms with van der Waals surface area (Å²) >= 11 is 0. The number of aromatic nitrogens is 1. The van der Waals surface area contributed by atoms with Gasteiger partial charge in [0, 0.05) is 5.69 Å². The van der Waals surface area contributed by atoms with E-state index >= 15 is 0 Å². The van der Waals surface area contributed by atoms with Gasteiger partial charge in [-0.3, -0.25) is 0 Å². The number of carboxylic acid groups (broad SMARTS) is 1. The first kappa shape index (κ1) is 12.2. The van der Waals surface area contributed by atoms with Gasteiger partial charge in [0.1, 0.15) is 11.8 Å². The fraction of sp³-hybridized carbons (Fsp3) is 0.231. The average molecular weight is 246 g/mol. The van der Waals surface area contributed by atoms with Crippen LogP contribution < -0.4 is 5.32 Å². The van der Waals surface area contributed by atoms with Crippen LogP contribution in [0.15, 0.2) is 34.9 Å². The second kappa shape index (κ2) is 4.91. The van der Waals surface area contributed by atoms with Gasteiger partial charge in [-0.25, -0.2) is 9.78 Å². The number of oxazole rings is 1. The molecule has 0 bridgehead atoms. The summed E-state index contributed by atoms with van der Waals surface area (Å²) in [5.74, 6) is 0.298. The number of hydrogen-bond donors (Lipinski definition) is 2. The Balaban J connectivity index is 2.21. The van der Waals surface area contributed by atoms with E-state index in [9.17, 15) is 4.79 Å². The van der Waals surface area contributed by atoms with Gasteiger partial charge in [-0.2, -0.15) is 0 Å². The Morgan fingerprint density at radius 3 is 2.78 bits per heavy atom. The number of carboxylic acids is 1. The highest BCUT2D eigenvalue weighted by Gasteiger charge is 2.15. The minimum absolute atomic E-state index is 0.195. The lowest BCUT2D eigenvalue weighted by molar-refractivity contribution is 0.0698. The zero-order chi connectivity index (χ0) is 13.1. The number of carbonyl (C=O) groups is 1. The van der Waals surface area contributed by atoms with E-state index in [0.29, 0.717) is 11.6 Å². The maximum absolute atomic E-state index is 11.1. The molecular formula is C13H14N2O3. The molecule has 2 N–H and O–H groups in total. The predicted molar refractivity (Wildman–Crippen MR) is 66.7 cm³/mol. The summed E-state index contributed by atoms with van der Waals surface area (Å²) in [6.07, 6.45) is 1.64. The Kier molecular flexibility index (Phi) is 3.32. The highest BCUT2D eigenvalue weighted by atomic mass is 16.4. The van der Waals surface area contributed by atoms with Crippen molar-refractivity contribution in [3.05, 3.63) is 47.7 Å². The zero-order valence-electron chi connectivity index (χ0n) is 10.2. The van der Waals surface area contributed by atoms with E-state index < -0.39 is 5.97 Å². The van der Waals surface area contributed by atoms with Crippen LogP contribution >= 0.6 is 0 Å². The molecule has 0 aliphatic rings. The molecule has 2 rings (SSSR count). The topological polar surface area (TPSA) is 75.4 Å². The monoisotopic (exact) mass is 246 g/mol. The molecule has 18 heavy (non-hydrogen) atoms. The first-order valence-corrected chi connectivity index (χ1v) is 5.59. The van der Waals surface area contributed by atoms with Crippen LogP contribution in [0.2, 0.25) is 0 Å². The molecule has 1 atom stereocenters. The Morgan fingerprint density at radius 2 is 2.17 bits per heavy atom. The van der Waals surface area contributed by atoms with Crippen molar-refractivity contribution < 1.29 is 14.3 Å². The number of para-hydroxylation sites is 1. The molecule has 0 fully saturated rings. The molecule has 0 saturated carbocycles. The van der Waals surface area contributed by atoms with Crippen LogP contribution in [0, 0.1) is 6.92 Å². The first-order chi connectivity index (χ1) is 8.58. The van der Waals surface area contributed by atoms with Gasteiger partial charge in [-0.1, -0.05) is 12.1 Å². The molecule has 94 valence electrons. The molecule has 0 radical (unpaired) electrons. The summed E-state index contributed by atoms with van der Waals surface area (Å²) in [5, 5.41) is 12.2. The smallest absolute Gasteiger partial charge is 0.337 e. The average Bonchev–Trinajstić information content (AvgIpc) is 2.76. The first-order valence-electron chi connectivity index (χ1n) is 5.59. The second-order valence-electron chi connectivity index (χ2n) is 4.03. The maximum atomic E-state index is 11.1. The van der Waals surface area contributed by atoms with Crippen molar-refractivity contribution in [2.24, 2.45) is 0 Å². The Labute approximate surface area is 104 Å². The summed E-state index contributed by atoms with van der Waals surface area (Å²) < 4.78 is 5.40. The van der Waals surface area contributed by atoms with Crippen LogP contribution in [0.1, 0.15) is 35.0 Å². The third kappa shape index (κ3) is 2.51. The SMILES string of the molecule is Cc1cnc(C(C)Nc2ccccc2C(=O)O)o1. The number of benzene rings is 1. The van der Waals surface area contributed by atoms with Crippen LogP contribution in [-0.2, 0) is 0 Å². The summed E-state index contributed by atoms with van der Waals surface area (Å²) in [4.78, 5) is 15.2. The molecule has 1 aromatic carbocycles. The predicted octanol–water partition coefficient (Wildman–Crippen LogP) is 2.85. The molecule has 2 aromatic rings. The third-order valence-corrected chi connectivity index (χ3v) is 2.54. The van der Waals surface area contributed by atoms with E-state index in [1.54, 1.807) is 30.5 Å². The lowest BCUT2D eigenvalue weighted by Gasteiger charge is -2.13. The highest BCUT2D eigenvalue weighted by molar-refractivity contribution is 5.94. The van der Waals surface area contributed by atoms with E-state index in [1.807, 2.05) is 13.8 Å². The summed E-state index contributed by atoms with van der Waals surface area (Å²) in [7, 11) is 0. The highest BCUT2D eigenvalue weighted by Crippen LogP contribution is 2.22. The van der Waals surface area contributed by atoms with Crippen molar-refractivity contribution in [3.63, 3.8) is 0 Å². The van der Waals surface area contributed by atoms with Crippen molar-refractivity contribution >= 4 is 11.7 Å². The largest absolute Gasteiger partial charge is 0.478 e. The van der Waals surface area contributed by atoms with Crippen LogP contribution in [0.25, 0.3) is 0 Å². The number of nitrogens with zero attached hydrogens (tertiary/aromatic N) is 1. The standard InChI is InChI=1S/C13H14N2O3/c1-8-7-14-12(18-8)9(2)15-11-6-4-3-5-10(11)13(16)17/h3-7,9,15H,1-2H3,(H,16,17). The maximum Gasteiger partial charge on any atom is 0.337 e. The van der Waals surface area contributed by atoms with Gasteiger partial charge in [-0.05, 0) is 26.0 Å². The van der Waals surface area contributed by atoms with Gasteiger partial charge < -0.3 is 14.8 Å². The van der Waals surface area contributed by atoms with Gasteiger partial charge in [0.25, 0.3) is 0 Å². The molecule has 0 saturated heterocycles. The molecule has 1 aromatic heterocycles. The fourth-order valence-corrected chi connectivity index (χ4v) is 1.66. The molecule has 0 aliphatic heterocycles. The number of hydrogen-bond acceptors (Lipinski definition) is 4. The zero-order valence-corrected chi connectivity index (χ0v) is 10.2. The molecule has 0 aliphatic carbocycles. The normalized spacial score (nSPS) is 12.1. The van der Waals surface area contributed by atoms with Crippen molar-refractivity contribution in [1.82, 2.24) is 4.98 Å². The lowest BCUT2D eigenvalue weighted by atomic mass is 10.1. The van der Waals surface area contributed by atoms with E-state index in [1.165, 1.54) is 0 Å². The van der Waals surface area contributed by atoms with Crippen LogP contribution in [0.3, 0.4) is 0 Å². The number of nitrogens with one attached hydrogen (secondary N) is 1. The van der Waals surface area contributed by atoms with Gasteiger partial charge in [0.05, 0.1) is 11.8 Å². The van der Waals surface area contributed by atoms with Gasteiger partial charge >= 0.3 is 5.97 Å². The van der Waals surface area contributed by atoms with E-state index in [0.717, 1.165) is 5.76 Å². The Hall–Kier alpha value is -2.30. The fourth-order valence-electron chi connectivity index (χ4n) is 1.66. The summed E-state index contributed by atoms with van der Waals surface area (Å²) in [5.41, 5.74) is 0.779. The van der Waals surface area contributed by atoms with Crippen LogP contribution in [0.5, 0.6) is 0 Å². The van der Waals surface area contributed by atoms with Crippen molar-refractivity contribution in [1.29, 1.82) is 0 Å². The Bertz CT molecular complexity index is 563. The van der Waals surface area contributed by atoms with Crippen molar-refractivity contribution in [2.75, 3.05) is 5.32 Å². The molecule has 0 amide bonds. The number of anilines is 1. The van der Waals surface area contributed by atoms with Crippen LogP contribution in [0.4, 0.5) is 5.69 Å². The van der Waals surface area contributed by atoms with Gasteiger partial charge in [-0.15, -0.1) is 0 Å². The minimum atomic E-state index is -0.964. The van der Waals surface area contributed by atoms with Gasteiger partial charge in [0.2, 0.25) is 5.89 Å². The molecule has 5 heteroatoms. The Morgan fingerprint density at radius 1 is 1.44 bits per heavy atom. The number of aryl methyl sites for hydroxylation is 1. The lowest BCUT2D eigenvalue weighted by Crippen LogP contribution is -2.10. The summed E-state index contributed by atoms with van der Waals surface area (Å²) in [6.45, 7) is 3.68. The van der Waals surface area contributed by atoms with E-state index in [2.05, 4.69) is 10.3 Å². The molecule has 1 heterocycles. The summed E-state index contributed by atoms with van der Waals surface area (Å²) in [6, 6.07) is 6.55. The van der Waals surface area contributed by atoms with E-state index in [4.69, 9.17) is 9.52 Å². The van der Waals surface area contributed by atoms with Crippen molar-refractivity contribution in [2.45, 2.75) is 19.9 Å². The molecule has 0 spiro atoms. The van der Waals surface area contributed by atoms with Crippen LogP contribution in [-0.4, -0.2) is 16.1 Å². The number of aromatic carboxylic acids is 1. The van der Waals surface area contributed by atoms with Gasteiger partial charge in [0.15, 0.2) is 0 Å². The minimum Gasteiger partial charge on any atom is -0.478 e. The number of rotatable bonds is 4. The molecule has 1 unspecified atom stereocenters. The quantitative estimate of drug-likeness (QED) is 0.867. The third-order valence-electron chi connectivity index (χ3n) is 2.54.